The van der Waals surface area contributed by atoms with Gasteiger partial charge in [-0.25, -0.2) is 4.98 Å². The average Bonchev–Trinajstić information content (AvgIpc) is 3.37. The number of hydrogen-bond donors (Lipinski definition) is 1. The third-order valence-electron chi connectivity index (χ3n) is 7.19. The number of nitrogens with one attached hydrogen (secondary N) is 1. The molecule has 2 aliphatic rings. The van der Waals surface area contributed by atoms with Crippen LogP contribution in [-0.4, -0.2) is 64.3 Å². The van der Waals surface area contributed by atoms with Crippen LogP contribution in [0.2, 0.25) is 0 Å². The Bertz CT molecular complexity index is 1410. The van der Waals surface area contributed by atoms with Crippen molar-refractivity contribution in [3.8, 4) is 0 Å². The molecule has 7 nitrogen and oxygen atoms in total. The lowest BCUT2D eigenvalue weighted by Gasteiger charge is -2.36. The van der Waals surface area contributed by atoms with Crippen LogP contribution in [0.25, 0.3) is 10.9 Å². The van der Waals surface area contributed by atoms with Crippen LogP contribution in [0.4, 0.5) is 5.82 Å². The molecule has 1 saturated heterocycles. The molecule has 2 aliphatic heterocycles. The van der Waals surface area contributed by atoms with Crippen molar-refractivity contribution in [1.29, 1.82) is 0 Å². The number of para-hydroxylation sites is 1. The molecule has 2 aromatic heterocycles. The first kappa shape index (κ1) is 21.4. The smallest absolute Gasteiger partial charge is 0.255 e. The lowest BCUT2D eigenvalue weighted by molar-refractivity contribution is -0.132. The van der Waals surface area contributed by atoms with E-state index in [1.807, 2.05) is 72.5 Å². The quantitative estimate of drug-likeness (QED) is 0.498. The topological polar surface area (TPSA) is 72.5 Å². The third-order valence-corrected chi connectivity index (χ3v) is 7.19. The highest BCUT2D eigenvalue weighted by molar-refractivity contribution is 6.02. The number of benzene rings is 2. The van der Waals surface area contributed by atoms with Crippen LogP contribution in [0.1, 0.15) is 33.2 Å². The molecule has 0 aliphatic carbocycles. The molecule has 35 heavy (non-hydrogen) atoms. The summed E-state index contributed by atoms with van der Waals surface area (Å²) in [5, 5.41) is 1.08. The normalized spacial score (nSPS) is 17.8. The van der Waals surface area contributed by atoms with Gasteiger partial charge in [0.25, 0.3) is 5.91 Å². The molecule has 1 fully saturated rings. The SMILES string of the molecule is Cc1[nH]c2ccccc2c1[C@H]1c2ccccc2C(=O)N1CC(=O)N1CCN(c2ccccn2)CC1. The van der Waals surface area contributed by atoms with Crippen LogP contribution < -0.4 is 4.90 Å². The van der Waals surface area contributed by atoms with Crippen molar-refractivity contribution in [3.63, 3.8) is 0 Å². The second kappa shape index (κ2) is 8.58. The molecular weight excluding hydrogens is 438 g/mol. The number of carbonyl (C=O) groups excluding carboxylic acids is 2. The first-order valence-corrected chi connectivity index (χ1v) is 12.0. The van der Waals surface area contributed by atoms with Gasteiger partial charge in [-0.15, -0.1) is 0 Å². The van der Waals surface area contributed by atoms with E-state index in [9.17, 15) is 9.59 Å². The van der Waals surface area contributed by atoms with Crippen LogP contribution in [0.5, 0.6) is 0 Å². The highest BCUT2D eigenvalue weighted by Crippen LogP contribution is 2.42. The zero-order chi connectivity index (χ0) is 23.9. The number of piperazine rings is 1. The minimum atomic E-state index is -0.298. The summed E-state index contributed by atoms with van der Waals surface area (Å²) >= 11 is 0. The monoisotopic (exact) mass is 465 g/mol. The molecule has 0 saturated carbocycles. The van der Waals surface area contributed by atoms with Crippen molar-refractivity contribution < 1.29 is 9.59 Å². The van der Waals surface area contributed by atoms with Crippen molar-refractivity contribution in [3.05, 3.63) is 95.3 Å². The molecule has 0 radical (unpaired) electrons. The van der Waals surface area contributed by atoms with Gasteiger partial charge in [0.1, 0.15) is 12.4 Å². The Hall–Kier alpha value is -4.13. The largest absolute Gasteiger partial charge is 0.358 e. The number of H-pyrrole nitrogens is 1. The van der Waals surface area contributed by atoms with E-state index in [4.69, 9.17) is 0 Å². The lowest BCUT2D eigenvalue weighted by atomic mass is 9.95. The van der Waals surface area contributed by atoms with E-state index >= 15 is 0 Å². The second-order valence-corrected chi connectivity index (χ2v) is 9.19. The first-order valence-electron chi connectivity index (χ1n) is 12.0. The van der Waals surface area contributed by atoms with Crippen LogP contribution in [-0.2, 0) is 4.79 Å². The van der Waals surface area contributed by atoms with Crippen LogP contribution in [0.3, 0.4) is 0 Å². The highest BCUT2D eigenvalue weighted by Gasteiger charge is 2.41. The molecule has 6 rings (SSSR count). The van der Waals surface area contributed by atoms with Crippen molar-refractivity contribution in [1.82, 2.24) is 19.8 Å². The molecular formula is C28H27N5O2. The number of aryl methyl sites for hydroxylation is 1. The number of nitrogens with zero attached hydrogens (tertiary/aromatic N) is 4. The van der Waals surface area contributed by atoms with Crippen LogP contribution in [0.15, 0.2) is 72.9 Å². The number of hydrogen-bond acceptors (Lipinski definition) is 4. The number of aromatic amines is 1. The fourth-order valence-corrected chi connectivity index (χ4v) is 5.47. The van der Waals surface area contributed by atoms with E-state index in [0.29, 0.717) is 18.7 Å². The molecule has 176 valence electrons. The molecule has 7 heteroatoms. The molecule has 4 heterocycles. The summed E-state index contributed by atoms with van der Waals surface area (Å²) in [6.45, 7) is 4.77. The minimum Gasteiger partial charge on any atom is -0.358 e. The highest BCUT2D eigenvalue weighted by atomic mass is 16.2. The van der Waals surface area contributed by atoms with Crippen molar-refractivity contribution >= 4 is 28.5 Å². The van der Waals surface area contributed by atoms with Crippen molar-refractivity contribution in [2.75, 3.05) is 37.6 Å². The van der Waals surface area contributed by atoms with Gasteiger partial charge in [0.05, 0.1) is 6.04 Å². The molecule has 0 spiro atoms. The Kier molecular flexibility index (Phi) is 5.25. The zero-order valence-electron chi connectivity index (χ0n) is 19.6. The Labute approximate surface area is 204 Å². The standard InChI is InChI=1S/C28H27N5O2/c1-19-26(22-10-4-5-11-23(22)30-19)27-20-8-2-3-9-21(20)28(35)33(27)18-25(34)32-16-14-31(15-17-32)24-12-6-7-13-29-24/h2-13,27,30H,14-18H2,1H3/t27-/m1/s1. The van der Waals surface area contributed by atoms with Gasteiger partial charge >= 0.3 is 0 Å². The fraction of sp³-hybridized carbons (Fsp3) is 0.250. The zero-order valence-corrected chi connectivity index (χ0v) is 19.6. The summed E-state index contributed by atoms with van der Waals surface area (Å²) in [4.78, 5) is 40.7. The van der Waals surface area contributed by atoms with E-state index in [1.54, 1.807) is 11.1 Å². The lowest BCUT2D eigenvalue weighted by Crippen LogP contribution is -2.51. The second-order valence-electron chi connectivity index (χ2n) is 9.19. The van der Waals surface area contributed by atoms with Gasteiger partial charge in [0.15, 0.2) is 0 Å². The van der Waals surface area contributed by atoms with Crippen LogP contribution in [0, 0.1) is 6.92 Å². The van der Waals surface area contributed by atoms with Gasteiger partial charge < -0.3 is 19.7 Å². The number of amides is 2. The molecule has 4 aromatic rings. The number of pyridine rings is 1. The maximum absolute atomic E-state index is 13.5. The number of rotatable bonds is 4. The average molecular weight is 466 g/mol. The van der Waals surface area contributed by atoms with E-state index in [2.05, 4.69) is 20.9 Å². The number of carbonyl (C=O) groups is 2. The van der Waals surface area contributed by atoms with Gasteiger partial charge in [0, 0.05) is 60.1 Å². The van der Waals surface area contributed by atoms with Gasteiger partial charge in [-0.3, -0.25) is 9.59 Å². The Morgan fingerprint density at radius 3 is 2.51 bits per heavy atom. The summed E-state index contributed by atoms with van der Waals surface area (Å²) in [5.41, 5.74) is 4.75. The van der Waals surface area contributed by atoms with Crippen molar-refractivity contribution in [2.45, 2.75) is 13.0 Å². The Morgan fingerprint density at radius 1 is 0.971 bits per heavy atom. The van der Waals surface area contributed by atoms with Crippen molar-refractivity contribution in [2.24, 2.45) is 0 Å². The summed E-state index contributed by atoms with van der Waals surface area (Å²) in [6, 6.07) is 21.4. The predicted molar refractivity (Wildman–Crippen MR) is 135 cm³/mol. The third kappa shape index (κ3) is 3.64. The maximum Gasteiger partial charge on any atom is 0.255 e. The van der Waals surface area contributed by atoms with Gasteiger partial charge in [-0.1, -0.05) is 42.5 Å². The van der Waals surface area contributed by atoms with Gasteiger partial charge in [-0.2, -0.15) is 0 Å². The Morgan fingerprint density at radius 2 is 1.71 bits per heavy atom. The van der Waals surface area contributed by atoms with Gasteiger partial charge in [-0.05, 0) is 36.8 Å². The van der Waals surface area contributed by atoms with E-state index < -0.39 is 0 Å². The summed E-state index contributed by atoms with van der Waals surface area (Å²) in [7, 11) is 0. The van der Waals surface area contributed by atoms with E-state index in [0.717, 1.165) is 46.6 Å². The molecule has 2 aromatic carbocycles. The molecule has 1 atom stereocenters. The van der Waals surface area contributed by atoms with Crippen LogP contribution >= 0.6 is 0 Å². The summed E-state index contributed by atoms with van der Waals surface area (Å²) in [5.74, 6) is 0.824. The van der Waals surface area contributed by atoms with E-state index in [-0.39, 0.29) is 24.4 Å². The maximum atomic E-state index is 13.5. The fourth-order valence-electron chi connectivity index (χ4n) is 5.47. The number of anilines is 1. The Balaban J connectivity index is 1.27. The number of aromatic nitrogens is 2. The summed E-state index contributed by atoms with van der Waals surface area (Å²) in [6.07, 6.45) is 1.79. The number of fused-ring (bicyclic) bond motifs is 2. The molecule has 0 bridgehead atoms. The summed E-state index contributed by atoms with van der Waals surface area (Å²) < 4.78 is 0. The molecule has 2 amide bonds. The molecule has 0 unspecified atom stereocenters. The van der Waals surface area contributed by atoms with Gasteiger partial charge in [0.2, 0.25) is 5.91 Å². The minimum absolute atomic E-state index is 0.0191. The van der Waals surface area contributed by atoms with E-state index in [1.165, 1.54) is 0 Å². The molecule has 1 N–H and O–H groups in total. The predicted octanol–water partition coefficient (Wildman–Crippen LogP) is 3.77. The first-order chi connectivity index (χ1) is 17.1.